The van der Waals surface area contributed by atoms with Crippen molar-refractivity contribution in [2.45, 2.75) is 6.92 Å². The van der Waals surface area contributed by atoms with Crippen molar-refractivity contribution in [2.24, 2.45) is 0 Å². The molecule has 0 bridgehead atoms. The summed E-state index contributed by atoms with van der Waals surface area (Å²) in [5.74, 6) is 0.333. The van der Waals surface area contributed by atoms with Gasteiger partial charge in [-0.15, -0.1) is 21.5 Å². The second-order valence-electron chi connectivity index (χ2n) is 4.32. The quantitative estimate of drug-likeness (QED) is 0.775. The van der Waals surface area contributed by atoms with Gasteiger partial charge in [-0.1, -0.05) is 23.8 Å². The second kappa shape index (κ2) is 5.26. The zero-order valence-corrected chi connectivity index (χ0v) is 11.6. The van der Waals surface area contributed by atoms with Crippen LogP contribution in [0.4, 0.5) is 11.6 Å². The van der Waals surface area contributed by atoms with Crippen molar-refractivity contribution in [2.75, 3.05) is 5.32 Å². The van der Waals surface area contributed by atoms with E-state index in [0.29, 0.717) is 11.6 Å². The summed E-state index contributed by atoms with van der Waals surface area (Å²) < 4.78 is 0. The van der Waals surface area contributed by atoms with Gasteiger partial charge in [0.25, 0.3) is 5.56 Å². The molecule has 1 aromatic carbocycles. The van der Waals surface area contributed by atoms with Crippen LogP contribution < -0.4 is 10.9 Å². The van der Waals surface area contributed by atoms with Crippen molar-refractivity contribution in [3.63, 3.8) is 0 Å². The van der Waals surface area contributed by atoms with Crippen LogP contribution in [0, 0.1) is 6.92 Å². The number of aromatic nitrogens is 3. The minimum absolute atomic E-state index is 0.253. The number of thiophene rings is 1. The Morgan fingerprint density at radius 1 is 1.15 bits per heavy atom. The van der Waals surface area contributed by atoms with Crippen molar-refractivity contribution < 1.29 is 0 Å². The Kier molecular flexibility index (Phi) is 3.30. The summed E-state index contributed by atoms with van der Waals surface area (Å²) in [6.07, 6.45) is 0. The van der Waals surface area contributed by atoms with Crippen LogP contribution >= 0.6 is 11.3 Å². The summed E-state index contributed by atoms with van der Waals surface area (Å²) in [5.41, 5.74) is 2.11. The van der Waals surface area contributed by atoms with E-state index >= 15 is 0 Å². The van der Waals surface area contributed by atoms with E-state index in [1.54, 1.807) is 0 Å². The summed E-state index contributed by atoms with van der Waals surface area (Å²) in [4.78, 5) is 15.5. The molecule has 0 saturated carbocycles. The highest BCUT2D eigenvalue weighted by atomic mass is 32.1. The molecule has 0 unspecified atom stereocenters. The monoisotopic (exact) mass is 284 g/mol. The molecule has 0 aliphatic rings. The smallest absolute Gasteiger partial charge is 0.280 e. The molecule has 100 valence electrons. The number of anilines is 2. The Hall–Kier alpha value is -2.47. The van der Waals surface area contributed by atoms with E-state index in [9.17, 15) is 4.79 Å². The standard InChI is InChI=1S/C14H12N4OS/c1-9-4-6-10(7-5-9)15-14-16-13(19)12(17-18-14)11-3-2-8-20-11/h2-8H,1H3,(H2,15,16,18,19). The lowest BCUT2D eigenvalue weighted by Gasteiger charge is -2.05. The van der Waals surface area contributed by atoms with Crippen molar-refractivity contribution in [3.8, 4) is 10.6 Å². The van der Waals surface area contributed by atoms with Crippen LogP contribution in [0.15, 0.2) is 46.6 Å². The fraction of sp³-hybridized carbons (Fsp3) is 0.0714. The summed E-state index contributed by atoms with van der Waals surface area (Å²) >= 11 is 1.46. The summed E-state index contributed by atoms with van der Waals surface area (Å²) in [7, 11) is 0. The van der Waals surface area contributed by atoms with Crippen molar-refractivity contribution >= 4 is 23.0 Å². The molecule has 0 aliphatic carbocycles. The third kappa shape index (κ3) is 2.60. The second-order valence-corrected chi connectivity index (χ2v) is 5.27. The molecule has 2 N–H and O–H groups in total. The number of rotatable bonds is 3. The molecular weight excluding hydrogens is 272 g/mol. The third-order valence-corrected chi connectivity index (χ3v) is 3.64. The molecule has 2 heterocycles. The molecule has 0 aliphatic heterocycles. The van der Waals surface area contributed by atoms with Gasteiger partial charge in [0.1, 0.15) is 0 Å². The molecule has 0 atom stereocenters. The van der Waals surface area contributed by atoms with E-state index in [2.05, 4.69) is 20.5 Å². The van der Waals surface area contributed by atoms with Crippen molar-refractivity contribution in [3.05, 3.63) is 57.7 Å². The predicted octanol–water partition coefficient (Wildman–Crippen LogP) is 2.95. The van der Waals surface area contributed by atoms with Crippen LogP contribution in [0.1, 0.15) is 5.56 Å². The van der Waals surface area contributed by atoms with Gasteiger partial charge in [-0.3, -0.25) is 9.78 Å². The Morgan fingerprint density at radius 2 is 1.95 bits per heavy atom. The first kappa shape index (κ1) is 12.6. The normalized spacial score (nSPS) is 10.4. The zero-order chi connectivity index (χ0) is 13.9. The lowest BCUT2D eigenvalue weighted by atomic mass is 10.2. The largest absolute Gasteiger partial charge is 0.324 e. The maximum absolute atomic E-state index is 12.0. The van der Waals surface area contributed by atoms with Crippen LogP contribution in [0.2, 0.25) is 0 Å². The van der Waals surface area contributed by atoms with Gasteiger partial charge in [-0.25, -0.2) is 0 Å². The van der Waals surface area contributed by atoms with Crippen LogP contribution in [0.3, 0.4) is 0 Å². The lowest BCUT2D eigenvalue weighted by molar-refractivity contribution is 0.964. The van der Waals surface area contributed by atoms with Gasteiger partial charge in [-0.2, -0.15) is 0 Å². The maximum Gasteiger partial charge on any atom is 0.280 e. The molecule has 0 amide bonds. The highest BCUT2D eigenvalue weighted by Crippen LogP contribution is 2.19. The predicted molar refractivity (Wildman–Crippen MR) is 80.4 cm³/mol. The van der Waals surface area contributed by atoms with Crippen LogP contribution in [-0.4, -0.2) is 15.2 Å². The average molecular weight is 284 g/mol. The van der Waals surface area contributed by atoms with E-state index in [0.717, 1.165) is 10.6 Å². The first-order chi connectivity index (χ1) is 9.72. The Morgan fingerprint density at radius 3 is 2.60 bits per heavy atom. The molecule has 2 aromatic heterocycles. The molecule has 6 heteroatoms. The summed E-state index contributed by atoms with van der Waals surface area (Å²) in [5, 5.41) is 12.9. The Labute approximate surface area is 119 Å². The zero-order valence-electron chi connectivity index (χ0n) is 10.8. The van der Waals surface area contributed by atoms with Crippen LogP contribution in [-0.2, 0) is 0 Å². The SMILES string of the molecule is Cc1ccc(Nc2nnc(-c3cccs3)c(=O)[nH]2)cc1. The maximum atomic E-state index is 12.0. The number of aryl methyl sites for hydroxylation is 1. The van der Waals surface area contributed by atoms with Gasteiger partial charge in [0.2, 0.25) is 5.95 Å². The number of hydrogen-bond acceptors (Lipinski definition) is 5. The van der Waals surface area contributed by atoms with Gasteiger partial charge < -0.3 is 5.32 Å². The molecule has 5 nitrogen and oxygen atoms in total. The summed E-state index contributed by atoms with van der Waals surface area (Å²) in [6, 6.07) is 11.5. The van der Waals surface area contributed by atoms with Crippen molar-refractivity contribution in [1.29, 1.82) is 0 Å². The number of nitrogens with one attached hydrogen (secondary N) is 2. The van der Waals surface area contributed by atoms with E-state index in [1.807, 2.05) is 48.7 Å². The molecule has 0 radical (unpaired) electrons. The Bertz CT molecular complexity index is 763. The first-order valence-corrected chi connectivity index (χ1v) is 6.95. The number of nitrogens with zero attached hydrogens (tertiary/aromatic N) is 2. The first-order valence-electron chi connectivity index (χ1n) is 6.07. The molecule has 20 heavy (non-hydrogen) atoms. The van der Waals surface area contributed by atoms with E-state index in [-0.39, 0.29) is 5.56 Å². The Balaban J connectivity index is 1.87. The number of hydrogen-bond donors (Lipinski definition) is 2. The van der Waals surface area contributed by atoms with Gasteiger partial charge in [0, 0.05) is 5.69 Å². The lowest BCUT2D eigenvalue weighted by Crippen LogP contribution is -2.15. The van der Waals surface area contributed by atoms with Crippen molar-refractivity contribution in [1.82, 2.24) is 15.2 Å². The molecule has 3 rings (SSSR count). The molecule has 3 aromatic rings. The number of benzene rings is 1. The van der Waals surface area contributed by atoms with E-state index < -0.39 is 0 Å². The fourth-order valence-corrected chi connectivity index (χ4v) is 2.45. The number of H-pyrrole nitrogens is 1. The highest BCUT2D eigenvalue weighted by molar-refractivity contribution is 7.13. The minimum Gasteiger partial charge on any atom is -0.324 e. The van der Waals surface area contributed by atoms with E-state index in [1.165, 1.54) is 16.9 Å². The third-order valence-electron chi connectivity index (χ3n) is 2.77. The minimum atomic E-state index is -0.253. The molecule has 0 spiro atoms. The topological polar surface area (TPSA) is 70.7 Å². The van der Waals surface area contributed by atoms with Gasteiger partial charge in [0.15, 0.2) is 5.69 Å². The van der Waals surface area contributed by atoms with E-state index in [4.69, 9.17) is 0 Å². The fourth-order valence-electron chi connectivity index (χ4n) is 1.74. The van der Waals surface area contributed by atoms with Gasteiger partial charge in [-0.05, 0) is 30.5 Å². The van der Waals surface area contributed by atoms with Gasteiger partial charge >= 0.3 is 0 Å². The summed E-state index contributed by atoms with van der Waals surface area (Å²) in [6.45, 7) is 2.02. The van der Waals surface area contributed by atoms with Crippen LogP contribution in [0.5, 0.6) is 0 Å². The van der Waals surface area contributed by atoms with Gasteiger partial charge in [0.05, 0.1) is 4.88 Å². The molecule has 0 saturated heterocycles. The highest BCUT2D eigenvalue weighted by Gasteiger charge is 2.08. The molecular formula is C14H12N4OS. The molecule has 0 fully saturated rings. The average Bonchev–Trinajstić information content (AvgIpc) is 2.95. The van der Waals surface area contributed by atoms with Crippen LogP contribution in [0.25, 0.3) is 10.6 Å². The number of aromatic amines is 1.